The Balaban J connectivity index is 2.40. The lowest BCUT2D eigenvalue weighted by atomic mass is 10.00. The van der Waals surface area contributed by atoms with Crippen LogP contribution in [0.5, 0.6) is 0 Å². The van der Waals surface area contributed by atoms with Crippen molar-refractivity contribution >= 4 is 5.91 Å². The van der Waals surface area contributed by atoms with Crippen molar-refractivity contribution in [1.82, 2.24) is 4.90 Å². The van der Waals surface area contributed by atoms with Crippen molar-refractivity contribution in [1.29, 1.82) is 0 Å². The summed E-state index contributed by atoms with van der Waals surface area (Å²) in [5.41, 5.74) is 5.37. The molecule has 0 saturated carbocycles. The molecule has 0 aliphatic carbocycles. The summed E-state index contributed by atoms with van der Waals surface area (Å²) in [5.74, 6) is 0.924. The molecule has 1 aliphatic heterocycles. The van der Waals surface area contributed by atoms with Crippen LogP contribution in [0.1, 0.15) is 19.8 Å². The van der Waals surface area contributed by atoms with E-state index in [0.717, 1.165) is 19.5 Å². The topological polar surface area (TPSA) is 46.3 Å². The van der Waals surface area contributed by atoms with Crippen LogP contribution < -0.4 is 5.73 Å². The second-order valence-electron chi connectivity index (χ2n) is 3.27. The minimum Gasteiger partial charge on any atom is -0.341 e. The molecule has 1 unspecified atom stereocenters. The molecule has 2 N–H and O–H groups in total. The van der Waals surface area contributed by atoms with Crippen LogP contribution in [0.25, 0.3) is 0 Å². The van der Waals surface area contributed by atoms with Gasteiger partial charge in [0.15, 0.2) is 0 Å². The number of nitrogens with two attached hydrogens (primary N) is 1. The molecule has 0 aromatic heterocycles. The van der Waals surface area contributed by atoms with Gasteiger partial charge in [0.05, 0.1) is 0 Å². The number of hydrogen-bond acceptors (Lipinski definition) is 2. The van der Waals surface area contributed by atoms with Crippen molar-refractivity contribution in [3.05, 3.63) is 0 Å². The van der Waals surface area contributed by atoms with Gasteiger partial charge in [0.25, 0.3) is 0 Å². The van der Waals surface area contributed by atoms with Crippen LogP contribution in [0, 0.1) is 5.92 Å². The Morgan fingerprint density at radius 3 is 3.09 bits per heavy atom. The fourth-order valence-electron chi connectivity index (χ4n) is 1.47. The maximum atomic E-state index is 11.2. The fraction of sp³-hybridized carbons (Fsp3) is 0.875. The Labute approximate surface area is 67.5 Å². The van der Waals surface area contributed by atoms with Gasteiger partial charge in [0.2, 0.25) is 5.91 Å². The van der Waals surface area contributed by atoms with Crippen LogP contribution in [0.4, 0.5) is 0 Å². The summed E-state index contributed by atoms with van der Waals surface area (Å²) in [6, 6.07) is 0. The standard InChI is InChI=1S/C8H16N2O/c1-7-2-3-8(11)10(6-7)5-4-9/h7H,2-6,9H2,1H3. The number of nitrogens with zero attached hydrogens (tertiary/aromatic N) is 1. The zero-order chi connectivity index (χ0) is 8.27. The number of amides is 1. The SMILES string of the molecule is CC1CCC(=O)N(CCN)C1. The minimum atomic E-state index is 0.272. The monoisotopic (exact) mass is 156 g/mol. The van der Waals surface area contributed by atoms with Crippen LogP contribution in [-0.4, -0.2) is 30.4 Å². The van der Waals surface area contributed by atoms with Crippen LogP contribution >= 0.6 is 0 Å². The molecule has 1 amide bonds. The molecule has 0 aromatic rings. The molecular weight excluding hydrogens is 140 g/mol. The quantitative estimate of drug-likeness (QED) is 0.621. The molecule has 1 rings (SSSR count). The molecule has 0 spiro atoms. The third-order valence-corrected chi connectivity index (χ3v) is 2.13. The maximum Gasteiger partial charge on any atom is 0.222 e. The Hall–Kier alpha value is -0.570. The highest BCUT2D eigenvalue weighted by molar-refractivity contribution is 5.76. The zero-order valence-corrected chi connectivity index (χ0v) is 7.05. The first-order chi connectivity index (χ1) is 5.24. The first kappa shape index (κ1) is 8.53. The summed E-state index contributed by atoms with van der Waals surface area (Å²) in [7, 11) is 0. The number of piperidine rings is 1. The summed E-state index contributed by atoms with van der Waals surface area (Å²) in [4.78, 5) is 13.1. The molecule has 1 fully saturated rings. The first-order valence-corrected chi connectivity index (χ1v) is 4.22. The van der Waals surface area contributed by atoms with Gasteiger partial charge in [-0.25, -0.2) is 0 Å². The summed E-state index contributed by atoms with van der Waals surface area (Å²) in [6.07, 6.45) is 1.75. The van der Waals surface area contributed by atoms with E-state index in [2.05, 4.69) is 6.92 Å². The molecule has 3 heteroatoms. The second-order valence-corrected chi connectivity index (χ2v) is 3.27. The number of hydrogen-bond donors (Lipinski definition) is 1. The predicted octanol–water partition coefficient (Wildman–Crippen LogP) is 0.204. The lowest BCUT2D eigenvalue weighted by Gasteiger charge is -2.30. The Kier molecular flexibility index (Phi) is 2.88. The third-order valence-electron chi connectivity index (χ3n) is 2.13. The van der Waals surface area contributed by atoms with E-state index in [1.807, 2.05) is 4.90 Å². The van der Waals surface area contributed by atoms with Gasteiger partial charge < -0.3 is 10.6 Å². The molecule has 0 radical (unpaired) electrons. The fourth-order valence-corrected chi connectivity index (χ4v) is 1.47. The van der Waals surface area contributed by atoms with E-state index < -0.39 is 0 Å². The molecular formula is C8H16N2O. The van der Waals surface area contributed by atoms with E-state index in [1.54, 1.807) is 0 Å². The van der Waals surface area contributed by atoms with Gasteiger partial charge in [-0.05, 0) is 12.3 Å². The molecule has 1 saturated heterocycles. The van der Waals surface area contributed by atoms with Gasteiger partial charge in [-0.1, -0.05) is 6.92 Å². The normalized spacial score (nSPS) is 25.8. The molecule has 1 aliphatic rings. The smallest absolute Gasteiger partial charge is 0.222 e. The van der Waals surface area contributed by atoms with Crippen molar-refractivity contribution in [2.45, 2.75) is 19.8 Å². The van der Waals surface area contributed by atoms with Gasteiger partial charge in [-0.3, -0.25) is 4.79 Å². The summed E-state index contributed by atoms with van der Waals surface area (Å²) in [5, 5.41) is 0. The number of carbonyl (C=O) groups excluding carboxylic acids is 1. The highest BCUT2D eigenvalue weighted by Crippen LogP contribution is 2.15. The molecule has 64 valence electrons. The van der Waals surface area contributed by atoms with Crippen molar-refractivity contribution in [2.75, 3.05) is 19.6 Å². The molecule has 1 heterocycles. The number of likely N-dealkylation sites (tertiary alicyclic amines) is 1. The van der Waals surface area contributed by atoms with Crippen LogP contribution in [-0.2, 0) is 4.79 Å². The first-order valence-electron chi connectivity index (χ1n) is 4.22. The van der Waals surface area contributed by atoms with Crippen LogP contribution in [0.2, 0.25) is 0 Å². The van der Waals surface area contributed by atoms with Gasteiger partial charge in [0, 0.05) is 26.1 Å². The minimum absolute atomic E-state index is 0.272. The second kappa shape index (κ2) is 3.72. The van der Waals surface area contributed by atoms with Crippen LogP contribution in [0.15, 0.2) is 0 Å². The number of carbonyl (C=O) groups is 1. The van der Waals surface area contributed by atoms with E-state index in [0.29, 0.717) is 18.9 Å². The molecule has 3 nitrogen and oxygen atoms in total. The third kappa shape index (κ3) is 2.19. The summed E-state index contributed by atoms with van der Waals surface area (Å²) < 4.78 is 0. The molecule has 11 heavy (non-hydrogen) atoms. The van der Waals surface area contributed by atoms with Gasteiger partial charge >= 0.3 is 0 Å². The van der Waals surface area contributed by atoms with Crippen molar-refractivity contribution in [3.63, 3.8) is 0 Å². The lowest BCUT2D eigenvalue weighted by Crippen LogP contribution is -2.41. The summed E-state index contributed by atoms with van der Waals surface area (Å²) >= 11 is 0. The van der Waals surface area contributed by atoms with Crippen LogP contribution in [0.3, 0.4) is 0 Å². The summed E-state index contributed by atoms with van der Waals surface area (Å²) in [6.45, 7) is 4.38. The Morgan fingerprint density at radius 2 is 2.45 bits per heavy atom. The lowest BCUT2D eigenvalue weighted by molar-refractivity contribution is -0.134. The predicted molar refractivity (Wildman–Crippen MR) is 44.0 cm³/mol. The van der Waals surface area contributed by atoms with Crippen molar-refractivity contribution in [2.24, 2.45) is 11.7 Å². The average molecular weight is 156 g/mol. The van der Waals surface area contributed by atoms with E-state index in [1.165, 1.54) is 0 Å². The molecule has 0 bridgehead atoms. The number of rotatable bonds is 2. The zero-order valence-electron chi connectivity index (χ0n) is 7.05. The van der Waals surface area contributed by atoms with Crippen molar-refractivity contribution in [3.8, 4) is 0 Å². The van der Waals surface area contributed by atoms with Gasteiger partial charge in [-0.2, -0.15) is 0 Å². The highest BCUT2D eigenvalue weighted by atomic mass is 16.2. The maximum absolute atomic E-state index is 11.2. The Bertz CT molecular complexity index is 147. The average Bonchev–Trinajstić information content (AvgIpc) is 1.98. The molecule has 0 aromatic carbocycles. The Morgan fingerprint density at radius 1 is 1.73 bits per heavy atom. The largest absolute Gasteiger partial charge is 0.341 e. The van der Waals surface area contributed by atoms with Crippen molar-refractivity contribution < 1.29 is 4.79 Å². The van der Waals surface area contributed by atoms with E-state index >= 15 is 0 Å². The van der Waals surface area contributed by atoms with Gasteiger partial charge in [-0.15, -0.1) is 0 Å². The molecule has 1 atom stereocenters. The van der Waals surface area contributed by atoms with E-state index in [4.69, 9.17) is 5.73 Å². The van der Waals surface area contributed by atoms with E-state index in [-0.39, 0.29) is 5.91 Å². The van der Waals surface area contributed by atoms with Gasteiger partial charge in [0.1, 0.15) is 0 Å². The van der Waals surface area contributed by atoms with E-state index in [9.17, 15) is 4.79 Å². The highest BCUT2D eigenvalue weighted by Gasteiger charge is 2.21.